The summed E-state index contributed by atoms with van der Waals surface area (Å²) < 4.78 is 67.1. The van der Waals surface area contributed by atoms with E-state index in [0.717, 1.165) is 23.8 Å². The Balaban J connectivity index is 1.60. The lowest BCUT2D eigenvalue weighted by Crippen LogP contribution is -2.43. The number of aryl methyl sites for hydroxylation is 1. The maximum absolute atomic E-state index is 15.6. The van der Waals surface area contributed by atoms with Crippen LogP contribution in [0.1, 0.15) is 39.6 Å². The van der Waals surface area contributed by atoms with Crippen LogP contribution in [0.4, 0.5) is 8.78 Å². The van der Waals surface area contributed by atoms with E-state index in [1.54, 1.807) is 20.8 Å². The zero-order valence-electron chi connectivity index (χ0n) is 22.8. The third kappa shape index (κ3) is 6.44. The number of esters is 1. The number of aliphatic hydroxyl groups excluding tert-OH is 1. The molecular weight excluding hydrogens is 569 g/mol. The molecule has 2 aromatic heterocycles. The predicted molar refractivity (Wildman–Crippen MR) is 142 cm³/mol. The van der Waals surface area contributed by atoms with Crippen LogP contribution in [0.25, 0.3) is 10.9 Å². The standard InChI is InChI=1S/C25H31F2N4O9P/c1-12(2)38-22(34)14(4)30-41(36,40-17-7-6-16-15(20(17)26)10-13(3)28-16)37-11-18-21(33)25(5,27)23(39-18)31-9-8-19(32)29-24(31)35/h6-10,12,14,18,21,23,28,33H,11H2,1-5H3,(H,30,36)(H,29,32,35). The van der Waals surface area contributed by atoms with Crippen molar-refractivity contribution in [1.29, 1.82) is 0 Å². The van der Waals surface area contributed by atoms with Crippen LogP contribution in [-0.2, 0) is 23.4 Å². The van der Waals surface area contributed by atoms with E-state index in [9.17, 15) is 24.1 Å². The molecule has 0 saturated carbocycles. The van der Waals surface area contributed by atoms with Gasteiger partial charge in [-0.05, 0) is 52.8 Å². The van der Waals surface area contributed by atoms with Crippen molar-refractivity contribution >= 4 is 24.6 Å². The average Bonchev–Trinajstić information content (AvgIpc) is 3.36. The summed E-state index contributed by atoms with van der Waals surface area (Å²) in [6.07, 6.45) is -4.61. The molecule has 3 heterocycles. The molecule has 6 unspecified atom stereocenters. The number of aromatic amines is 2. The number of H-pyrrole nitrogens is 2. The summed E-state index contributed by atoms with van der Waals surface area (Å²) in [5.74, 6) is -2.14. The highest BCUT2D eigenvalue weighted by Crippen LogP contribution is 2.48. The lowest BCUT2D eigenvalue weighted by atomic mass is 9.98. The van der Waals surface area contributed by atoms with Crippen LogP contribution in [0.15, 0.2) is 40.1 Å². The number of aromatic nitrogens is 3. The van der Waals surface area contributed by atoms with Crippen molar-refractivity contribution in [1.82, 2.24) is 19.6 Å². The number of benzene rings is 1. The normalized spacial score (nSPS) is 24.9. The Bertz CT molecular complexity index is 1600. The largest absolute Gasteiger partial charge is 0.462 e. The van der Waals surface area contributed by atoms with Gasteiger partial charge in [-0.2, -0.15) is 5.09 Å². The minimum atomic E-state index is -4.65. The molecule has 0 bridgehead atoms. The Hall–Kier alpha value is -3.36. The molecule has 1 fully saturated rings. The van der Waals surface area contributed by atoms with Crippen LogP contribution in [0, 0.1) is 12.7 Å². The van der Waals surface area contributed by atoms with Gasteiger partial charge in [0.15, 0.2) is 23.5 Å². The van der Waals surface area contributed by atoms with E-state index in [1.165, 1.54) is 25.1 Å². The molecule has 0 radical (unpaired) electrons. The number of nitrogens with zero attached hydrogens (tertiary/aromatic N) is 1. The summed E-state index contributed by atoms with van der Waals surface area (Å²) in [6, 6.07) is 3.92. The fraction of sp³-hybridized carbons (Fsp3) is 0.480. The third-order valence-electron chi connectivity index (χ3n) is 6.34. The van der Waals surface area contributed by atoms with Crippen LogP contribution < -0.4 is 20.9 Å². The van der Waals surface area contributed by atoms with Gasteiger partial charge in [-0.1, -0.05) is 0 Å². The molecule has 3 aromatic rings. The molecule has 0 amide bonds. The maximum atomic E-state index is 15.6. The molecule has 224 valence electrons. The molecule has 1 aromatic carbocycles. The van der Waals surface area contributed by atoms with E-state index in [0.29, 0.717) is 11.2 Å². The Labute approximate surface area is 232 Å². The molecule has 1 saturated heterocycles. The molecule has 0 aliphatic carbocycles. The van der Waals surface area contributed by atoms with E-state index in [4.69, 9.17) is 18.5 Å². The average molecular weight is 601 g/mol. The third-order valence-corrected chi connectivity index (χ3v) is 7.97. The molecule has 16 heteroatoms. The first-order valence-electron chi connectivity index (χ1n) is 12.7. The number of ether oxygens (including phenoxy) is 2. The molecule has 6 atom stereocenters. The number of carbonyl (C=O) groups is 1. The van der Waals surface area contributed by atoms with Crippen molar-refractivity contribution in [2.45, 2.75) is 70.9 Å². The van der Waals surface area contributed by atoms with Gasteiger partial charge in [-0.25, -0.2) is 18.1 Å². The molecule has 1 aliphatic rings. The van der Waals surface area contributed by atoms with Gasteiger partial charge in [0.2, 0.25) is 0 Å². The van der Waals surface area contributed by atoms with Crippen molar-refractivity contribution in [3.63, 3.8) is 0 Å². The van der Waals surface area contributed by atoms with E-state index in [2.05, 4.69) is 10.1 Å². The Morgan fingerprint density at radius 2 is 1.98 bits per heavy atom. The number of rotatable bonds is 10. The van der Waals surface area contributed by atoms with Crippen LogP contribution in [0.5, 0.6) is 5.75 Å². The second-order valence-electron chi connectivity index (χ2n) is 10.2. The molecule has 4 rings (SSSR count). The number of hydrogen-bond acceptors (Lipinski definition) is 9. The second-order valence-corrected chi connectivity index (χ2v) is 11.8. The molecular formula is C25H31F2N4O9P. The van der Waals surface area contributed by atoms with E-state index < -0.39 is 79.4 Å². The van der Waals surface area contributed by atoms with Gasteiger partial charge < -0.3 is 24.1 Å². The maximum Gasteiger partial charge on any atom is 0.459 e. The number of hydrogen-bond donors (Lipinski definition) is 4. The quantitative estimate of drug-likeness (QED) is 0.200. The van der Waals surface area contributed by atoms with Gasteiger partial charge in [-0.15, -0.1) is 0 Å². The van der Waals surface area contributed by atoms with Gasteiger partial charge in [0.25, 0.3) is 5.56 Å². The van der Waals surface area contributed by atoms with Crippen molar-refractivity contribution in [2.75, 3.05) is 6.61 Å². The minimum Gasteiger partial charge on any atom is -0.462 e. The van der Waals surface area contributed by atoms with Crippen LogP contribution in [0.3, 0.4) is 0 Å². The minimum absolute atomic E-state index is 0.149. The smallest absolute Gasteiger partial charge is 0.459 e. The van der Waals surface area contributed by atoms with Crippen molar-refractivity contribution in [3.05, 3.63) is 62.8 Å². The summed E-state index contributed by atoms with van der Waals surface area (Å²) in [6.45, 7) is 6.45. The van der Waals surface area contributed by atoms with Crippen LogP contribution in [0.2, 0.25) is 0 Å². The molecule has 1 aliphatic heterocycles. The monoisotopic (exact) mass is 600 g/mol. The highest BCUT2D eigenvalue weighted by atomic mass is 31.2. The summed E-state index contributed by atoms with van der Waals surface area (Å²) in [5.41, 5.74) is -3.15. The van der Waals surface area contributed by atoms with E-state index >= 15 is 8.78 Å². The number of nitrogens with one attached hydrogen (secondary N) is 3. The highest BCUT2D eigenvalue weighted by Gasteiger charge is 2.56. The highest BCUT2D eigenvalue weighted by molar-refractivity contribution is 7.52. The fourth-order valence-electron chi connectivity index (χ4n) is 4.34. The summed E-state index contributed by atoms with van der Waals surface area (Å²) in [7, 11) is -4.65. The first kappa shape index (κ1) is 30.6. The van der Waals surface area contributed by atoms with Gasteiger partial charge in [0, 0.05) is 28.9 Å². The molecule has 41 heavy (non-hydrogen) atoms. The molecule has 13 nitrogen and oxygen atoms in total. The van der Waals surface area contributed by atoms with Crippen LogP contribution in [-0.4, -0.2) is 62.2 Å². The zero-order chi connectivity index (χ0) is 30.3. The first-order chi connectivity index (χ1) is 19.1. The van der Waals surface area contributed by atoms with E-state index in [-0.39, 0.29) is 5.39 Å². The Morgan fingerprint density at radius 3 is 2.63 bits per heavy atom. The Kier molecular flexibility index (Phi) is 8.58. The number of alkyl halides is 1. The topological polar surface area (TPSA) is 174 Å². The molecule has 4 N–H and O–H groups in total. The van der Waals surface area contributed by atoms with Crippen molar-refractivity contribution in [2.24, 2.45) is 0 Å². The SMILES string of the molecule is Cc1cc2c(F)c(OP(=O)(NC(C)C(=O)OC(C)C)OCC3OC(n4ccc(=O)[nH]c4=O)C(C)(F)C3O)ccc2[nH]1. The van der Waals surface area contributed by atoms with Crippen molar-refractivity contribution in [3.8, 4) is 5.75 Å². The summed E-state index contributed by atoms with van der Waals surface area (Å²) in [4.78, 5) is 41.0. The first-order valence-corrected chi connectivity index (χ1v) is 14.2. The number of aliphatic hydroxyl groups is 1. The summed E-state index contributed by atoms with van der Waals surface area (Å²) >= 11 is 0. The number of fused-ring (bicyclic) bond motifs is 1. The van der Waals surface area contributed by atoms with Gasteiger partial charge in [-0.3, -0.25) is 23.7 Å². The van der Waals surface area contributed by atoms with Crippen molar-refractivity contribution < 1.29 is 41.8 Å². The van der Waals surface area contributed by atoms with Crippen LogP contribution >= 0.6 is 7.75 Å². The van der Waals surface area contributed by atoms with E-state index in [1.807, 2.05) is 4.98 Å². The number of carbonyl (C=O) groups excluding carboxylic acids is 1. The summed E-state index contributed by atoms with van der Waals surface area (Å²) in [5, 5.41) is 13.2. The molecule has 0 spiro atoms. The lowest BCUT2D eigenvalue weighted by Gasteiger charge is -2.25. The van der Waals surface area contributed by atoms with Gasteiger partial charge in [0.1, 0.15) is 18.2 Å². The predicted octanol–water partition coefficient (Wildman–Crippen LogP) is 2.59. The fourth-order valence-corrected chi connectivity index (χ4v) is 5.84. The number of halogens is 2. The Morgan fingerprint density at radius 1 is 1.27 bits per heavy atom. The second kappa shape index (κ2) is 11.5. The van der Waals surface area contributed by atoms with Gasteiger partial charge in [0.05, 0.1) is 12.7 Å². The zero-order valence-corrected chi connectivity index (χ0v) is 23.7. The van der Waals surface area contributed by atoms with Gasteiger partial charge >= 0.3 is 19.4 Å². The lowest BCUT2D eigenvalue weighted by molar-refractivity contribution is -0.149.